The van der Waals surface area contributed by atoms with Gasteiger partial charge in [-0.15, -0.1) is 0 Å². The van der Waals surface area contributed by atoms with E-state index < -0.39 is 6.10 Å². The number of amides is 2. The number of hydrogen-bond donors (Lipinski definition) is 2. The average molecular weight is 273 g/mol. The highest BCUT2D eigenvalue weighted by molar-refractivity contribution is 5.89. The Hall–Kier alpha value is -2.06. The zero-order valence-electron chi connectivity index (χ0n) is 11.5. The molecule has 0 saturated heterocycles. The summed E-state index contributed by atoms with van der Waals surface area (Å²) in [6, 6.07) is 9.02. The molecule has 1 unspecified atom stereocenters. The fourth-order valence-electron chi connectivity index (χ4n) is 2.01. The third kappa shape index (κ3) is 3.97. The number of rotatable bonds is 5. The first-order valence-electron chi connectivity index (χ1n) is 6.76. The van der Waals surface area contributed by atoms with Gasteiger partial charge in [0.05, 0.1) is 18.6 Å². The van der Waals surface area contributed by atoms with Gasteiger partial charge >= 0.3 is 6.03 Å². The normalized spacial score (nSPS) is 15.2. The number of hydrogen-bond acceptors (Lipinski definition) is 3. The van der Waals surface area contributed by atoms with Crippen molar-refractivity contribution in [1.82, 2.24) is 4.90 Å². The minimum atomic E-state index is -0.427. The fraction of sp³-hybridized carbons (Fsp3) is 0.467. The van der Waals surface area contributed by atoms with Crippen molar-refractivity contribution in [3.63, 3.8) is 0 Å². The summed E-state index contributed by atoms with van der Waals surface area (Å²) >= 11 is 0. The van der Waals surface area contributed by atoms with Gasteiger partial charge in [0.2, 0.25) is 0 Å². The Bertz CT molecular complexity index is 503. The molecule has 5 heteroatoms. The molecule has 2 rings (SSSR count). The van der Waals surface area contributed by atoms with Crippen molar-refractivity contribution in [3.05, 3.63) is 29.8 Å². The van der Waals surface area contributed by atoms with Gasteiger partial charge in [-0.2, -0.15) is 5.26 Å². The lowest BCUT2D eigenvalue weighted by Gasteiger charge is -2.21. The molecule has 0 heterocycles. The van der Waals surface area contributed by atoms with Crippen molar-refractivity contribution in [2.45, 2.75) is 25.4 Å². The number of nitriles is 1. The lowest BCUT2D eigenvalue weighted by molar-refractivity contribution is 0.117. The molecular formula is C15H19N3O2. The van der Waals surface area contributed by atoms with E-state index in [4.69, 9.17) is 5.26 Å². The second kappa shape index (κ2) is 6.40. The monoisotopic (exact) mass is 273 g/mol. The molecule has 1 saturated carbocycles. The molecule has 0 aromatic heterocycles. The second-order valence-electron chi connectivity index (χ2n) is 5.25. The van der Waals surface area contributed by atoms with E-state index in [9.17, 15) is 9.90 Å². The molecule has 2 amide bonds. The number of aliphatic hydroxyl groups is 1. The average Bonchev–Trinajstić information content (AvgIpc) is 3.25. The number of benzene rings is 1. The van der Waals surface area contributed by atoms with Crippen LogP contribution in [0.5, 0.6) is 0 Å². The van der Waals surface area contributed by atoms with E-state index in [1.165, 1.54) is 4.90 Å². The summed E-state index contributed by atoms with van der Waals surface area (Å²) in [5.74, 6) is 0.357. The molecule has 1 aliphatic rings. The zero-order chi connectivity index (χ0) is 14.5. The van der Waals surface area contributed by atoms with Crippen molar-refractivity contribution >= 4 is 11.7 Å². The highest BCUT2D eigenvalue weighted by Gasteiger charge is 2.31. The van der Waals surface area contributed by atoms with E-state index in [1.807, 2.05) is 12.1 Å². The molecule has 1 aliphatic carbocycles. The quantitative estimate of drug-likeness (QED) is 0.861. The molecule has 1 aromatic carbocycles. The molecular weight excluding hydrogens is 254 g/mol. The fourth-order valence-corrected chi connectivity index (χ4v) is 2.01. The van der Waals surface area contributed by atoms with Crippen molar-refractivity contribution in [2.24, 2.45) is 5.92 Å². The van der Waals surface area contributed by atoms with Crippen LogP contribution in [-0.2, 0) is 6.42 Å². The number of urea groups is 1. The Morgan fingerprint density at radius 3 is 2.70 bits per heavy atom. The first-order valence-corrected chi connectivity index (χ1v) is 6.76. The number of carbonyl (C=O) groups excluding carboxylic acids is 1. The van der Waals surface area contributed by atoms with Crippen molar-refractivity contribution in [3.8, 4) is 6.07 Å². The van der Waals surface area contributed by atoms with Crippen molar-refractivity contribution in [2.75, 3.05) is 18.9 Å². The molecule has 5 nitrogen and oxygen atoms in total. The Morgan fingerprint density at radius 2 is 2.15 bits per heavy atom. The maximum absolute atomic E-state index is 12.0. The number of likely N-dealkylation sites (N-methyl/N-ethyl adjacent to an activating group) is 1. The summed E-state index contributed by atoms with van der Waals surface area (Å²) in [4.78, 5) is 13.4. The van der Waals surface area contributed by atoms with Crippen LogP contribution < -0.4 is 5.32 Å². The molecule has 20 heavy (non-hydrogen) atoms. The van der Waals surface area contributed by atoms with E-state index in [0.717, 1.165) is 18.4 Å². The lowest BCUT2D eigenvalue weighted by Crippen LogP contribution is -2.37. The highest BCUT2D eigenvalue weighted by atomic mass is 16.3. The largest absolute Gasteiger partial charge is 0.391 e. The summed E-state index contributed by atoms with van der Waals surface area (Å²) in [5, 5.41) is 21.2. The number of nitrogens with one attached hydrogen (secondary N) is 1. The maximum atomic E-state index is 12.0. The minimum Gasteiger partial charge on any atom is -0.391 e. The summed E-state index contributed by atoms with van der Waals surface area (Å²) < 4.78 is 0. The molecule has 0 aliphatic heterocycles. The van der Waals surface area contributed by atoms with Gasteiger partial charge in [-0.25, -0.2) is 4.79 Å². The van der Waals surface area contributed by atoms with Crippen LogP contribution in [0.25, 0.3) is 0 Å². The second-order valence-corrected chi connectivity index (χ2v) is 5.25. The smallest absolute Gasteiger partial charge is 0.321 e. The van der Waals surface area contributed by atoms with Gasteiger partial charge in [-0.1, -0.05) is 12.1 Å². The third-order valence-electron chi connectivity index (χ3n) is 3.46. The standard InChI is InChI=1S/C15H19N3O2/c1-18(10-14(19)12-4-5-12)15(20)17-13-6-2-11(3-7-13)8-9-16/h2-3,6-7,12,14,19H,4-5,8,10H2,1H3,(H,17,20). The van der Waals surface area contributed by atoms with Crippen LogP contribution in [0.3, 0.4) is 0 Å². The summed E-state index contributed by atoms with van der Waals surface area (Å²) in [6.45, 7) is 0.350. The van der Waals surface area contributed by atoms with E-state index in [-0.39, 0.29) is 6.03 Å². The van der Waals surface area contributed by atoms with Gasteiger partial charge in [0.15, 0.2) is 0 Å². The van der Waals surface area contributed by atoms with Crippen LogP contribution in [-0.4, -0.2) is 35.7 Å². The minimum absolute atomic E-state index is 0.238. The van der Waals surface area contributed by atoms with Crippen LogP contribution >= 0.6 is 0 Å². The molecule has 2 N–H and O–H groups in total. The van der Waals surface area contributed by atoms with Gasteiger partial charge in [-0.3, -0.25) is 0 Å². The van der Waals surface area contributed by atoms with Crippen LogP contribution in [0.4, 0.5) is 10.5 Å². The number of anilines is 1. The van der Waals surface area contributed by atoms with Gasteiger partial charge < -0.3 is 15.3 Å². The van der Waals surface area contributed by atoms with Crippen LogP contribution in [0.2, 0.25) is 0 Å². The predicted octanol–water partition coefficient (Wildman–Crippen LogP) is 1.99. The summed E-state index contributed by atoms with van der Waals surface area (Å²) in [5.41, 5.74) is 1.60. The first-order chi connectivity index (χ1) is 9.60. The van der Waals surface area contributed by atoms with E-state index >= 15 is 0 Å². The Balaban J connectivity index is 1.84. The van der Waals surface area contributed by atoms with E-state index in [2.05, 4.69) is 11.4 Å². The number of aliphatic hydroxyl groups excluding tert-OH is 1. The van der Waals surface area contributed by atoms with Crippen LogP contribution in [0.15, 0.2) is 24.3 Å². The van der Waals surface area contributed by atoms with Crippen LogP contribution in [0.1, 0.15) is 18.4 Å². The van der Waals surface area contributed by atoms with Gasteiger partial charge in [0, 0.05) is 19.3 Å². The topological polar surface area (TPSA) is 76.4 Å². The molecule has 0 radical (unpaired) electrons. The molecule has 106 valence electrons. The predicted molar refractivity (Wildman–Crippen MR) is 76.1 cm³/mol. The number of nitrogens with zero attached hydrogens (tertiary/aromatic N) is 2. The van der Waals surface area contributed by atoms with Crippen molar-refractivity contribution in [1.29, 1.82) is 5.26 Å². The SMILES string of the molecule is CN(CC(O)C1CC1)C(=O)Nc1ccc(CC#N)cc1. The van der Waals surface area contributed by atoms with Crippen molar-refractivity contribution < 1.29 is 9.90 Å². The van der Waals surface area contributed by atoms with Crippen LogP contribution in [0, 0.1) is 17.2 Å². The van der Waals surface area contributed by atoms with Gasteiger partial charge in [0.1, 0.15) is 0 Å². The van der Waals surface area contributed by atoms with E-state index in [0.29, 0.717) is 24.6 Å². The molecule has 0 spiro atoms. The Kier molecular flexibility index (Phi) is 4.59. The van der Waals surface area contributed by atoms with E-state index in [1.54, 1.807) is 19.2 Å². The molecule has 1 fully saturated rings. The van der Waals surface area contributed by atoms with Gasteiger partial charge in [-0.05, 0) is 36.5 Å². The summed E-state index contributed by atoms with van der Waals surface area (Å²) in [7, 11) is 1.67. The zero-order valence-corrected chi connectivity index (χ0v) is 11.5. The highest BCUT2D eigenvalue weighted by Crippen LogP contribution is 2.32. The third-order valence-corrected chi connectivity index (χ3v) is 3.46. The summed E-state index contributed by atoms with van der Waals surface area (Å²) in [6.07, 6.45) is 2.04. The molecule has 1 atom stereocenters. The maximum Gasteiger partial charge on any atom is 0.321 e. The van der Waals surface area contributed by atoms with Gasteiger partial charge in [0.25, 0.3) is 0 Å². The lowest BCUT2D eigenvalue weighted by atomic mass is 10.1. The Morgan fingerprint density at radius 1 is 1.50 bits per heavy atom. The number of carbonyl (C=O) groups is 1. The first kappa shape index (κ1) is 14.4. The Labute approximate surface area is 118 Å². The molecule has 0 bridgehead atoms. The molecule has 1 aromatic rings.